The molecule has 0 saturated carbocycles. The van der Waals surface area contributed by atoms with Gasteiger partial charge in [-0.2, -0.15) is 0 Å². The van der Waals surface area contributed by atoms with E-state index in [2.05, 4.69) is 70.0 Å². The van der Waals surface area contributed by atoms with Gasteiger partial charge in [-0.3, -0.25) is 14.4 Å². The lowest BCUT2D eigenvalue weighted by molar-refractivity contribution is 1.22. The van der Waals surface area contributed by atoms with Crippen molar-refractivity contribution >= 4 is 38.5 Å². The summed E-state index contributed by atoms with van der Waals surface area (Å²) in [4.78, 5) is 14.3. The Morgan fingerprint density at radius 1 is 0.686 bits per heavy atom. The van der Waals surface area contributed by atoms with Gasteiger partial charge in [0.2, 0.25) is 0 Å². The van der Waals surface area contributed by atoms with Crippen LogP contribution in [0.3, 0.4) is 0 Å². The average molecular weight is 447 g/mol. The SMILES string of the molecule is c1ccc2c(c1)Cc1c-2ccc2c1-c1ccc3nc4c5ccncc5c5ncccc5n4c3c1C2. The number of aromatic nitrogens is 4. The summed E-state index contributed by atoms with van der Waals surface area (Å²) in [7, 11) is 0. The number of benzene rings is 3. The minimum atomic E-state index is 0.926. The van der Waals surface area contributed by atoms with Crippen LogP contribution in [0.5, 0.6) is 0 Å². The first-order valence-electron chi connectivity index (χ1n) is 12.0. The molecule has 4 nitrogen and oxygen atoms in total. The standard InChI is InChI=1S/C31H18N4/c1-2-5-19-17(4-1)14-23-20(19)8-7-18-15-24-21(28(18)23)9-10-26-30(24)35-27-6-3-12-33-29(27)25-16-32-13-11-22(25)31(35)34-26/h1-13,16H,14-15H2. The van der Waals surface area contributed by atoms with Crippen LogP contribution in [0.4, 0.5) is 0 Å². The van der Waals surface area contributed by atoms with Gasteiger partial charge in [-0.15, -0.1) is 0 Å². The molecule has 2 aliphatic carbocycles. The van der Waals surface area contributed by atoms with Gasteiger partial charge >= 0.3 is 0 Å². The van der Waals surface area contributed by atoms with E-state index in [9.17, 15) is 0 Å². The van der Waals surface area contributed by atoms with Crippen LogP contribution in [0.1, 0.15) is 22.3 Å². The first-order chi connectivity index (χ1) is 17.4. The van der Waals surface area contributed by atoms with Gasteiger partial charge in [-0.05, 0) is 75.2 Å². The highest BCUT2D eigenvalue weighted by atomic mass is 15.0. The zero-order valence-corrected chi connectivity index (χ0v) is 18.8. The molecule has 4 heterocycles. The molecule has 35 heavy (non-hydrogen) atoms. The van der Waals surface area contributed by atoms with E-state index in [1.807, 2.05) is 24.7 Å². The summed E-state index contributed by atoms with van der Waals surface area (Å²) in [6.45, 7) is 0. The second-order valence-electron chi connectivity index (χ2n) is 9.66. The molecule has 162 valence electrons. The summed E-state index contributed by atoms with van der Waals surface area (Å²) < 4.78 is 2.33. The lowest BCUT2D eigenvalue weighted by atomic mass is 9.95. The van der Waals surface area contributed by atoms with Crippen molar-refractivity contribution in [2.24, 2.45) is 0 Å². The quantitative estimate of drug-likeness (QED) is 0.243. The molecule has 0 spiro atoms. The Hall–Kier alpha value is -4.57. The molecule has 4 heteroatoms. The molecular weight excluding hydrogens is 428 g/mol. The third kappa shape index (κ3) is 2.11. The van der Waals surface area contributed by atoms with Gasteiger partial charge in [0, 0.05) is 35.8 Å². The van der Waals surface area contributed by atoms with Crippen LogP contribution in [0.25, 0.3) is 60.7 Å². The summed E-state index contributed by atoms with van der Waals surface area (Å²) in [6, 6.07) is 24.2. The van der Waals surface area contributed by atoms with Crippen LogP contribution in [0.2, 0.25) is 0 Å². The number of imidazole rings is 1. The van der Waals surface area contributed by atoms with Gasteiger partial charge in [0.15, 0.2) is 0 Å². The molecule has 0 radical (unpaired) electrons. The van der Waals surface area contributed by atoms with Crippen molar-refractivity contribution in [2.75, 3.05) is 0 Å². The number of rotatable bonds is 0. The Morgan fingerprint density at radius 3 is 2.60 bits per heavy atom. The Kier molecular flexibility index (Phi) is 3.11. The van der Waals surface area contributed by atoms with Gasteiger partial charge in [0.1, 0.15) is 5.65 Å². The summed E-state index contributed by atoms with van der Waals surface area (Å²) in [5, 5.41) is 2.13. The van der Waals surface area contributed by atoms with E-state index in [0.717, 1.165) is 45.8 Å². The Bertz CT molecular complexity index is 2070. The van der Waals surface area contributed by atoms with E-state index >= 15 is 0 Å². The summed E-state index contributed by atoms with van der Waals surface area (Å²) in [5.74, 6) is 0. The molecule has 0 unspecified atom stereocenters. The van der Waals surface area contributed by atoms with Crippen molar-refractivity contribution in [3.63, 3.8) is 0 Å². The monoisotopic (exact) mass is 446 g/mol. The molecule has 0 atom stereocenters. The molecule has 0 aliphatic heterocycles. The Labute approximate surface area is 200 Å². The van der Waals surface area contributed by atoms with Gasteiger partial charge in [0.25, 0.3) is 0 Å². The largest absolute Gasteiger partial charge is 0.290 e. The van der Waals surface area contributed by atoms with Crippen molar-refractivity contribution in [1.29, 1.82) is 0 Å². The minimum Gasteiger partial charge on any atom is -0.290 e. The molecule has 3 aromatic carbocycles. The van der Waals surface area contributed by atoms with Gasteiger partial charge in [0.05, 0.1) is 22.1 Å². The van der Waals surface area contributed by atoms with E-state index in [1.54, 1.807) is 0 Å². The van der Waals surface area contributed by atoms with Crippen molar-refractivity contribution in [3.8, 4) is 22.3 Å². The lowest BCUT2D eigenvalue weighted by Gasteiger charge is -2.10. The third-order valence-electron chi connectivity index (χ3n) is 7.98. The highest BCUT2D eigenvalue weighted by molar-refractivity contribution is 6.12. The number of hydrogen-bond acceptors (Lipinski definition) is 3. The zero-order valence-electron chi connectivity index (χ0n) is 18.8. The Balaban J connectivity index is 1.42. The lowest BCUT2D eigenvalue weighted by Crippen LogP contribution is -1.95. The third-order valence-corrected chi connectivity index (χ3v) is 7.98. The second-order valence-corrected chi connectivity index (χ2v) is 9.66. The smallest absolute Gasteiger partial charge is 0.146 e. The fourth-order valence-electron chi connectivity index (χ4n) is 6.56. The highest BCUT2D eigenvalue weighted by Gasteiger charge is 2.30. The maximum absolute atomic E-state index is 5.15. The molecule has 2 aliphatic rings. The predicted molar refractivity (Wildman–Crippen MR) is 140 cm³/mol. The summed E-state index contributed by atoms with van der Waals surface area (Å²) in [5.41, 5.74) is 16.5. The first-order valence-corrected chi connectivity index (χ1v) is 12.0. The van der Waals surface area contributed by atoms with Gasteiger partial charge in [-0.1, -0.05) is 42.5 Å². The van der Waals surface area contributed by atoms with Crippen LogP contribution >= 0.6 is 0 Å². The molecule has 0 bridgehead atoms. The molecule has 0 fully saturated rings. The molecule has 7 aromatic rings. The predicted octanol–water partition coefficient (Wildman–Crippen LogP) is 6.73. The average Bonchev–Trinajstić information content (AvgIpc) is 3.59. The minimum absolute atomic E-state index is 0.926. The van der Waals surface area contributed by atoms with Gasteiger partial charge < -0.3 is 0 Å². The van der Waals surface area contributed by atoms with Crippen molar-refractivity contribution in [1.82, 2.24) is 19.4 Å². The van der Waals surface area contributed by atoms with Gasteiger partial charge in [-0.25, -0.2) is 4.98 Å². The van der Waals surface area contributed by atoms with Crippen LogP contribution in [0, 0.1) is 0 Å². The number of nitrogens with zero attached hydrogens (tertiary/aromatic N) is 4. The summed E-state index contributed by atoms with van der Waals surface area (Å²) >= 11 is 0. The molecule has 0 saturated heterocycles. The normalized spacial score (nSPS) is 13.5. The van der Waals surface area contributed by atoms with Crippen LogP contribution < -0.4 is 0 Å². The van der Waals surface area contributed by atoms with Crippen molar-refractivity contribution in [3.05, 3.63) is 108 Å². The van der Waals surface area contributed by atoms with E-state index < -0.39 is 0 Å². The van der Waals surface area contributed by atoms with E-state index in [0.29, 0.717) is 0 Å². The number of hydrogen-bond donors (Lipinski definition) is 0. The van der Waals surface area contributed by atoms with E-state index in [-0.39, 0.29) is 0 Å². The summed E-state index contributed by atoms with van der Waals surface area (Å²) in [6.07, 6.45) is 7.54. The number of pyridine rings is 3. The molecule has 9 rings (SSSR count). The first kappa shape index (κ1) is 17.8. The van der Waals surface area contributed by atoms with Crippen LogP contribution in [-0.2, 0) is 12.8 Å². The van der Waals surface area contributed by atoms with Crippen LogP contribution in [-0.4, -0.2) is 19.4 Å². The van der Waals surface area contributed by atoms with E-state index in [1.165, 1.54) is 50.0 Å². The topological polar surface area (TPSA) is 43.1 Å². The number of fused-ring (bicyclic) bond motifs is 16. The molecule has 4 aromatic heterocycles. The maximum Gasteiger partial charge on any atom is 0.146 e. The second kappa shape index (κ2) is 6.10. The molecule has 0 N–H and O–H groups in total. The van der Waals surface area contributed by atoms with Crippen molar-refractivity contribution in [2.45, 2.75) is 12.8 Å². The van der Waals surface area contributed by atoms with E-state index in [4.69, 9.17) is 9.97 Å². The maximum atomic E-state index is 5.15. The van der Waals surface area contributed by atoms with Crippen LogP contribution in [0.15, 0.2) is 85.3 Å². The van der Waals surface area contributed by atoms with Crippen molar-refractivity contribution < 1.29 is 0 Å². The zero-order chi connectivity index (χ0) is 22.7. The Morgan fingerprint density at radius 2 is 1.60 bits per heavy atom. The fraction of sp³-hybridized carbons (Fsp3) is 0.0645. The molecule has 0 amide bonds. The fourth-order valence-corrected chi connectivity index (χ4v) is 6.56. The highest BCUT2D eigenvalue weighted by Crippen LogP contribution is 2.49. The molecular formula is C31H18N4.